The minimum atomic E-state index is -0.193. The van der Waals surface area contributed by atoms with Gasteiger partial charge in [-0.25, -0.2) is 0 Å². The molecule has 0 aromatic heterocycles. The largest absolute Gasteiger partial charge is 0.508 e. The molecule has 0 spiro atoms. The first-order valence-corrected chi connectivity index (χ1v) is 6.43. The summed E-state index contributed by atoms with van der Waals surface area (Å²) in [6.45, 7) is 5.89. The molecule has 0 unspecified atom stereocenters. The molecule has 0 heterocycles. The standard InChI is InChI=1S/C14H21N3O3/c1-9(2)17(7-6-13(15)16-20)14(19)11-5-4-10(3)12(18)8-11/h4-5,8-9,18,20H,6-7H2,1-3H3,(H2,15,16). The van der Waals surface area contributed by atoms with Crippen molar-refractivity contribution >= 4 is 11.7 Å². The summed E-state index contributed by atoms with van der Waals surface area (Å²) in [5.41, 5.74) is 6.56. The number of hydrogen-bond acceptors (Lipinski definition) is 4. The second kappa shape index (κ2) is 6.79. The molecule has 1 amide bonds. The normalized spacial score (nSPS) is 11.7. The molecule has 1 rings (SSSR count). The fourth-order valence-corrected chi connectivity index (χ4v) is 1.79. The summed E-state index contributed by atoms with van der Waals surface area (Å²) in [7, 11) is 0. The number of carbonyl (C=O) groups excluding carboxylic acids is 1. The predicted molar refractivity (Wildman–Crippen MR) is 77.0 cm³/mol. The summed E-state index contributed by atoms with van der Waals surface area (Å²) < 4.78 is 0. The molecule has 0 aliphatic carbocycles. The van der Waals surface area contributed by atoms with E-state index in [0.29, 0.717) is 17.7 Å². The van der Waals surface area contributed by atoms with E-state index in [2.05, 4.69) is 5.16 Å². The monoisotopic (exact) mass is 279 g/mol. The van der Waals surface area contributed by atoms with Crippen molar-refractivity contribution in [1.29, 1.82) is 0 Å². The van der Waals surface area contributed by atoms with Crippen molar-refractivity contribution < 1.29 is 15.1 Å². The van der Waals surface area contributed by atoms with Gasteiger partial charge in [0.2, 0.25) is 0 Å². The van der Waals surface area contributed by atoms with Gasteiger partial charge in [-0.15, -0.1) is 0 Å². The predicted octanol–water partition coefficient (Wildman–Crippen LogP) is 1.69. The first-order valence-electron chi connectivity index (χ1n) is 6.43. The van der Waals surface area contributed by atoms with E-state index < -0.39 is 0 Å². The van der Waals surface area contributed by atoms with Crippen LogP contribution in [0.3, 0.4) is 0 Å². The topological polar surface area (TPSA) is 99.2 Å². The first-order chi connectivity index (χ1) is 9.36. The molecule has 6 nitrogen and oxygen atoms in total. The van der Waals surface area contributed by atoms with Gasteiger partial charge in [0.1, 0.15) is 11.6 Å². The molecule has 0 saturated heterocycles. The summed E-state index contributed by atoms with van der Waals surface area (Å²) >= 11 is 0. The Kier molecular flexibility index (Phi) is 5.37. The van der Waals surface area contributed by atoms with Gasteiger partial charge in [-0.05, 0) is 38.5 Å². The van der Waals surface area contributed by atoms with Crippen LogP contribution in [0.4, 0.5) is 0 Å². The highest BCUT2D eigenvalue weighted by Crippen LogP contribution is 2.19. The molecule has 20 heavy (non-hydrogen) atoms. The van der Waals surface area contributed by atoms with Gasteiger partial charge in [0, 0.05) is 24.6 Å². The third-order valence-corrected chi connectivity index (χ3v) is 3.08. The quantitative estimate of drug-likeness (QED) is 0.330. The highest BCUT2D eigenvalue weighted by Gasteiger charge is 2.19. The number of benzene rings is 1. The Morgan fingerprint density at radius 3 is 2.60 bits per heavy atom. The van der Waals surface area contributed by atoms with Crippen LogP contribution in [-0.2, 0) is 0 Å². The third-order valence-electron chi connectivity index (χ3n) is 3.08. The Morgan fingerprint density at radius 1 is 1.45 bits per heavy atom. The van der Waals surface area contributed by atoms with Crippen LogP contribution in [-0.4, -0.2) is 39.5 Å². The van der Waals surface area contributed by atoms with Gasteiger partial charge in [-0.1, -0.05) is 11.2 Å². The van der Waals surface area contributed by atoms with E-state index in [0.717, 1.165) is 0 Å². The van der Waals surface area contributed by atoms with Crippen molar-refractivity contribution in [2.45, 2.75) is 33.2 Å². The lowest BCUT2D eigenvalue weighted by Gasteiger charge is -2.26. The van der Waals surface area contributed by atoms with Gasteiger partial charge >= 0.3 is 0 Å². The van der Waals surface area contributed by atoms with Gasteiger partial charge in [0.05, 0.1) is 0 Å². The van der Waals surface area contributed by atoms with Crippen LogP contribution in [0, 0.1) is 6.92 Å². The molecule has 0 saturated carbocycles. The number of carbonyl (C=O) groups is 1. The van der Waals surface area contributed by atoms with Gasteiger partial charge in [-0.2, -0.15) is 0 Å². The molecule has 1 aromatic carbocycles. The number of nitrogens with two attached hydrogens (primary N) is 1. The average molecular weight is 279 g/mol. The van der Waals surface area contributed by atoms with Gasteiger partial charge in [0.25, 0.3) is 5.91 Å². The highest BCUT2D eigenvalue weighted by atomic mass is 16.4. The van der Waals surface area contributed by atoms with Crippen molar-refractivity contribution in [3.63, 3.8) is 0 Å². The molecule has 110 valence electrons. The average Bonchev–Trinajstić information content (AvgIpc) is 2.41. The summed E-state index contributed by atoms with van der Waals surface area (Å²) in [5, 5.41) is 21.1. The minimum Gasteiger partial charge on any atom is -0.508 e. The second-order valence-corrected chi connectivity index (χ2v) is 4.93. The Balaban J connectivity index is 2.90. The summed E-state index contributed by atoms with van der Waals surface area (Å²) in [6.07, 6.45) is 0.290. The number of aromatic hydroxyl groups is 1. The maximum atomic E-state index is 12.4. The lowest BCUT2D eigenvalue weighted by molar-refractivity contribution is 0.0710. The zero-order valence-electron chi connectivity index (χ0n) is 12.0. The smallest absolute Gasteiger partial charge is 0.254 e. The second-order valence-electron chi connectivity index (χ2n) is 4.93. The lowest BCUT2D eigenvalue weighted by atomic mass is 10.1. The van der Waals surface area contributed by atoms with Crippen molar-refractivity contribution in [2.75, 3.05) is 6.54 Å². The maximum absolute atomic E-state index is 12.4. The SMILES string of the molecule is Cc1ccc(C(=O)N(CCC(N)=NO)C(C)C)cc1O. The maximum Gasteiger partial charge on any atom is 0.254 e. The zero-order valence-corrected chi connectivity index (χ0v) is 12.0. The van der Waals surface area contributed by atoms with E-state index in [1.807, 2.05) is 13.8 Å². The molecule has 0 aliphatic rings. The van der Waals surface area contributed by atoms with Crippen LogP contribution in [0.2, 0.25) is 0 Å². The number of amides is 1. The van der Waals surface area contributed by atoms with E-state index in [9.17, 15) is 9.90 Å². The first kappa shape index (κ1) is 15.8. The Hall–Kier alpha value is -2.24. The fourth-order valence-electron chi connectivity index (χ4n) is 1.79. The Morgan fingerprint density at radius 2 is 2.10 bits per heavy atom. The lowest BCUT2D eigenvalue weighted by Crippen LogP contribution is -2.39. The van der Waals surface area contributed by atoms with E-state index in [4.69, 9.17) is 10.9 Å². The van der Waals surface area contributed by atoms with Crippen molar-refractivity contribution in [3.8, 4) is 5.75 Å². The molecule has 0 bridgehead atoms. The van der Waals surface area contributed by atoms with Crippen LogP contribution in [0.25, 0.3) is 0 Å². The molecule has 0 atom stereocenters. The Labute approximate surface area is 118 Å². The van der Waals surface area contributed by atoms with Gasteiger partial charge in [-0.3, -0.25) is 4.79 Å². The summed E-state index contributed by atoms with van der Waals surface area (Å²) in [5.74, 6) is -0.0211. The van der Waals surface area contributed by atoms with E-state index in [1.54, 1.807) is 24.0 Å². The zero-order chi connectivity index (χ0) is 15.3. The molecular weight excluding hydrogens is 258 g/mol. The number of rotatable bonds is 5. The molecule has 0 fully saturated rings. The van der Waals surface area contributed by atoms with Crippen LogP contribution in [0.5, 0.6) is 5.75 Å². The van der Waals surface area contributed by atoms with Gasteiger partial charge in [0.15, 0.2) is 0 Å². The number of aryl methyl sites for hydroxylation is 1. The number of amidine groups is 1. The molecule has 1 aromatic rings. The molecule has 0 radical (unpaired) electrons. The summed E-state index contributed by atoms with van der Waals surface area (Å²) in [4.78, 5) is 14.0. The van der Waals surface area contributed by atoms with Crippen LogP contribution in [0.15, 0.2) is 23.4 Å². The van der Waals surface area contributed by atoms with Crippen LogP contribution >= 0.6 is 0 Å². The highest BCUT2D eigenvalue weighted by molar-refractivity contribution is 5.95. The van der Waals surface area contributed by atoms with E-state index in [1.165, 1.54) is 6.07 Å². The number of oxime groups is 1. The number of hydrogen-bond donors (Lipinski definition) is 3. The molecule has 6 heteroatoms. The molecule has 0 aliphatic heterocycles. The third kappa shape index (κ3) is 3.88. The number of nitrogens with zero attached hydrogens (tertiary/aromatic N) is 2. The van der Waals surface area contributed by atoms with Crippen molar-refractivity contribution in [2.24, 2.45) is 10.9 Å². The number of phenols is 1. The van der Waals surface area contributed by atoms with Gasteiger partial charge < -0.3 is 20.9 Å². The van der Waals surface area contributed by atoms with Crippen molar-refractivity contribution in [3.05, 3.63) is 29.3 Å². The van der Waals surface area contributed by atoms with E-state index >= 15 is 0 Å². The van der Waals surface area contributed by atoms with Crippen molar-refractivity contribution in [1.82, 2.24) is 4.90 Å². The Bertz CT molecular complexity index is 512. The molecular formula is C14H21N3O3. The van der Waals surface area contributed by atoms with E-state index in [-0.39, 0.29) is 30.0 Å². The number of phenolic OH excluding ortho intramolecular Hbond substituents is 1. The minimum absolute atomic E-state index is 0.0301. The fraction of sp³-hybridized carbons (Fsp3) is 0.429. The summed E-state index contributed by atoms with van der Waals surface area (Å²) in [6, 6.07) is 4.80. The molecule has 4 N–H and O–H groups in total. The van der Waals surface area contributed by atoms with Crippen LogP contribution in [0.1, 0.15) is 36.2 Å². The van der Waals surface area contributed by atoms with Crippen LogP contribution < -0.4 is 5.73 Å².